The molecule has 2 rings (SSSR count). The third-order valence-corrected chi connectivity index (χ3v) is 5.47. The summed E-state index contributed by atoms with van der Waals surface area (Å²) in [4.78, 5) is -0.492. The molecule has 2 N–H and O–H groups in total. The zero-order valence-corrected chi connectivity index (χ0v) is 12.9. The van der Waals surface area contributed by atoms with Crippen LogP contribution in [0.4, 0.5) is 8.78 Å². The van der Waals surface area contributed by atoms with Crippen LogP contribution in [0.5, 0.6) is 0 Å². The normalized spacial score (nSPS) is 22.7. The quantitative estimate of drug-likeness (QED) is 0.874. The predicted molar refractivity (Wildman–Crippen MR) is 76.2 cm³/mol. The summed E-state index contributed by atoms with van der Waals surface area (Å²) in [5.41, 5.74) is -0.264. The van der Waals surface area contributed by atoms with Crippen LogP contribution in [0, 0.1) is 17.6 Å². The fourth-order valence-electron chi connectivity index (χ4n) is 2.71. The number of rotatable bonds is 5. The largest absolute Gasteiger partial charge is 0.315 e. The molecule has 0 amide bonds. The molecule has 2 unspecified atom stereocenters. The Bertz CT molecular complexity index is 620. The van der Waals surface area contributed by atoms with Gasteiger partial charge in [0.05, 0.1) is 0 Å². The number of hydrogen-bond acceptors (Lipinski definition) is 3. The maximum atomic E-state index is 14.3. The summed E-state index contributed by atoms with van der Waals surface area (Å²) in [5, 5.41) is 2.63. The highest BCUT2D eigenvalue weighted by Gasteiger charge is 2.30. The van der Waals surface area contributed by atoms with Gasteiger partial charge in [-0.05, 0) is 37.9 Å². The molecule has 4 nitrogen and oxygen atoms in total. The van der Waals surface area contributed by atoms with Crippen LogP contribution in [-0.4, -0.2) is 21.5 Å². The van der Waals surface area contributed by atoms with Crippen LogP contribution in [0.2, 0.25) is 0 Å². The molecule has 0 spiro atoms. The molecule has 1 saturated carbocycles. The number of nitrogens with one attached hydrogen (secondary N) is 2. The minimum atomic E-state index is -3.98. The Morgan fingerprint density at radius 1 is 1.29 bits per heavy atom. The molecule has 118 valence electrons. The first-order chi connectivity index (χ1) is 9.86. The van der Waals surface area contributed by atoms with Crippen LogP contribution in [-0.2, 0) is 16.6 Å². The minimum absolute atomic E-state index is 0.0686. The van der Waals surface area contributed by atoms with Crippen LogP contribution in [0.15, 0.2) is 17.0 Å². The lowest BCUT2D eigenvalue weighted by molar-refractivity contribution is 0.470. The summed E-state index contributed by atoms with van der Waals surface area (Å²) < 4.78 is 55.1. The SMILES string of the molecule is CNCc1c(F)ccc(S(=O)(=O)NC2CCCC2C)c1F. The Hall–Kier alpha value is -1.05. The van der Waals surface area contributed by atoms with Gasteiger partial charge in [0.1, 0.15) is 10.7 Å². The van der Waals surface area contributed by atoms with Gasteiger partial charge in [0.15, 0.2) is 5.82 Å². The Balaban J connectivity index is 2.34. The van der Waals surface area contributed by atoms with E-state index in [4.69, 9.17) is 0 Å². The van der Waals surface area contributed by atoms with Gasteiger partial charge in [-0.2, -0.15) is 0 Å². The van der Waals surface area contributed by atoms with Gasteiger partial charge in [0, 0.05) is 18.2 Å². The Kier molecular flexibility index (Phi) is 4.95. The van der Waals surface area contributed by atoms with Gasteiger partial charge >= 0.3 is 0 Å². The smallest absolute Gasteiger partial charge is 0.243 e. The molecule has 0 aromatic heterocycles. The van der Waals surface area contributed by atoms with E-state index < -0.39 is 26.6 Å². The molecule has 21 heavy (non-hydrogen) atoms. The molecule has 7 heteroatoms. The second-order valence-electron chi connectivity index (χ2n) is 5.50. The van der Waals surface area contributed by atoms with Crippen molar-refractivity contribution in [2.24, 2.45) is 5.92 Å². The van der Waals surface area contributed by atoms with Gasteiger partial charge in [-0.1, -0.05) is 13.3 Å². The van der Waals surface area contributed by atoms with Crippen molar-refractivity contribution in [2.75, 3.05) is 7.05 Å². The fourth-order valence-corrected chi connectivity index (χ4v) is 4.19. The van der Waals surface area contributed by atoms with E-state index in [1.54, 1.807) is 7.05 Å². The number of benzene rings is 1. The first-order valence-corrected chi connectivity index (χ1v) is 8.49. The minimum Gasteiger partial charge on any atom is -0.315 e. The van der Waals surface area contributed by atoms with Crippen molar-refractivity contribution in [3.8, 4) is 0 Å². The topological polar surface area (TPSA) is 58.2 Å². The zero-order valence-electron chi connectivity index (χ0n) is 12.1. The number of halogens is 2. The average molecular weight is 318 g/mol. The monoisotopic (exact) mass is 318 g/mol. The number of sulfonamides is 1. The summed E-state index contributed by atoms with van der Waals surface area (Å²) in [5.74, 6) is -1.56. The molecule has 1 aliphatic carbocycles. The van der Waals surface area contributed by atoms with Crippen LogP contribution in [0.1, 0.15) is 31.7 Å². The van der Waals surface area contributed by atoms with E-state index in [-0.39, 0.29) is 24.1 Å². The van der Waals surface area contributed by atoms with E-state index in [0.29, 0.717) is 0 Å². The molecule has 0 aliphatic heterocycles. The van der Waals surface area contributed by atoms with Gasteiger partial charge in [-0.25, -0.2) is 21.9 Å². The third kappa shape index (κ3) is 3.41. The average Bonchev–Trinajstić information content (AvgIpc) is 2.79. The lowest BCUT2D eigenvalue weighted by Crippen LogP contribution is -2.37. The van der Waals surface area contributed by atoms with Gasteiger partial charge < -0.3 is 5.32 Å². The molecule has 1 aromatic rings. The molecule has 0 bridgehead atoms. The van der Waals surface area contributed by atoms with Crippen molar-refractivity contribution in [3.05, 3.63) is 29.3 Å². The molecule has 1 aliphatic rings. The molecule has 1 aromatic carbocycles. The van der Waals surface area contributed by atoms with E-state index in [0.717, 1.165) is 31.4 Å². The summed E-state index contributed by atoms with van der Waals surface area (Å²) in [7, 11) is -2.44. The van der Waals surface area contributed by atoms with Gasteiger partial charge in [-0.15, -0.1) is 0 Å². The van der Waals surface area contributed by atoms with E-state index in [2.05, 4.69) is 10.0 Å². The van der Waals surface area contributed by atoms with E-state index >= 15 is 0 Å². The van der Waals surface area contributed by atoms with E-state index in [1.165, 1.54) is 0 Å². The second kappa shape index (κ2) is 6.37. The maximum Gasteiger partial charge on any atom is 0.243 e. The molecular formula is C14H20F2N2O2S. The first-order valence-electron chi connectivity index (χ1n) is 7.00. The standard InChI is InChI=1S/C14H20F2N2O2S/c1-9-4-3-5-12(9)18-21(19,20)13-7-6-11(15)10(8-17-2)14(13)16/h6-7,9,12,17-18H,3-5,8H2,1-2H3. The maximum absolute atomic E-state index is 14.3. The lowest BCUT2D eigenvalue weighted by atomic mass is 10.1. The van der Waals surface area contributed by atoms with Crippen LogP contribution >= 0.6 is 0 Å². The predicted octanol–water partition coefficient (Wildman–Crippen LogP) is 2.15. The summed E-state index contributed by atoms with van der Waals surface area (Å²) in [6.07, 6.45) is 2.64. The van der Waals surface area contributed by atoms with E-state index in [9.17, 15) is 17.2 Å². The van der Waals surface area contributed by atoms with E-state index in [1.807, 2.05) is 6.92 Å². The molecule has 1 fully saturated rings. The molecule has 0 saturated heterocycles. The highest BCUT2D eigenvalue weighted by Crippen LogP contribution is 2.27. The van der Waals surface area contributed by atoms with Crippen molar-refractivity contribution in [1.82, 2.24) is 10.0 Å². The summed E-state index contributed by atoms with van der Waals surface area (Å²) in [6, 6.07) is 1.78. The molecule has 2 atom stereocenters. The van der Waals surface area contributed by atoms with Crippen molar-refractivity contribution >= 4 is 10.0 Å². The van der Waals surface area contributed by atoms with Gasteiger partial charge in [0.25, 0.3) is 0 Å². The Labute approximate surface area is 124 Å². The van der Waals surface area contributed by atoms with Crippen LogP contribution < -0.4 is 10.0 Å². The first kappa shape index (κ1) is 16.3. The highest BCUT2D eigenvalue weighted by molar-refractivity contribution is 7.89. The Morgan fingerprint density at radius 3 is 2.57 bits per heavy atom. The number of hydrogen-bond donors (Lipinski definition) is 2. The lowest BCUT2D eigenvalue weighted by Gasteiger charge is -2.18. The van der Waals surface area contributed by atoms with Crippen molar-refractivity contribution in [2.45, 2.75) is 43.7 Å². The van der Waals surface area contributed by atoms with Crippen molar-refractivity contribution in [3.63, 3.8) is 0 Å². The molecule has 0 radical (unpaired) electrons. The highest BCUT2D eigenvalue weighted by atomic mass is 32.2. The van der Waals surface area contributed by atoms with Crippen molar-refractivity contribution in [1.29, 1.82) is 0 Å². The summed E-state index contributed by atoms with van der Waals surface area (Å²) in [6.45, 7) is 1.90. The van der Waals surface area contributed by atoms with Gasteiger partial charge in [-0.3, -0.25) is 0 Å². The van der Waals surface area contributed by atoms with Gasteiger partial charge in [0.2, 0.25) is 10.0 Å². The third-order valence-electron chi connectivity index (χ3n) is 3.96. The zero-order chi connectivity index (χ0) is 15.6. The second-order valence-corrected chi connectivity index (χ2v) is 7.19. The summed E-state index contributed by atoms with van der Waals surface area (Å²) >= 11 is 0. The fraction of sp³-hybridized carbons (Fsp3) is 0.571. The molecular weight excluding hydrogens is 298 g/mol. The Morgan fingerprint density at radius 2 is 2.00 bits per heavy atom. The van der Waals surface area contributed by atoms with Crippen LogP contribution in [0.3, 0.4) is 0 Å². The van der Waals surface area contributed by atoms with Crippen molar-refractivity contribution < 1.29 is 17.2 Å². The molecule has 0 heterocycles. The van der Waals surface area contributed by atoms with Crippen LogP contribution in [0.25, 0.3) is 0 Å².